The van der Waals surface area contributed by atoms with Crippen LogP contribution < -0.4 is 25.4 Å². The molecule has 2 fully saturated rings. The van der Waals surface area contributed by atoms with E-state index in [4.69, 9.17) is 31.5 Å². The molecule has 0 saturated carbocycles. The molecule has 3 heterocycles. The van der Waals surface area contributed by atoms with Gasteiger partial charge in [0.15, 0.2) is 0 Å². The van der Waals surface area contributed by atoms with E-state index in [2.05, 4.69) is 66.3 Å². The molecule has 4 aromatic rings. The van der Waals surface area contributed by atoms with Crippen molar-refractivity contribution >= 4 is 45.5 Å². The summed E-state index contributed by atoms with van der Waals surface area (Å²) >= 11 is 6.70. The average Bonchev–Trinajstić information content (AvgIpc) is 3.57. The molecule has 2 saturated heterocycles. The molecule has 48 heavy (non-hydrogen) atoms. The van der Waals surface area contributed by atoms with E-state index in [9.17, 15) is 10.1 Å². The standard InChI is InChI=1S/C38H40ClN5O4/c1-38(2,3)27-6-4-25(5-7-27)22-47-34-9-8-28(17-31(34)39)43-37-26(20-40)21-42-32-19-35(48-29-12-15-46-23-29)33(18-30(32)37)44-13-10-24(11-14-44)16-36(41)45/h4-9,16-19,21,29H,10-15,22-23H2,1-3H3,(H2,41,45)(H,42,43). The number of rotatable bonds is 9. The number of amides is 1. The fourth-order valence-corrected chi connectivity index (χ4v) is 6.27. The molecule has 0 spiro atoms. The highest BCUT2D eigenvalue weighted by Gasteiger charge is 2.25. The Hall–Kier alpha value is -4.78. The number of primary amides is 1. The predicted octanol–water partition coefficient (Wildman–Crippen LogP) is 7.56. The van der Waals surface area contributed by atoms with Crippen molar-refractivity contribution in [1.82, 2.24) is 4.98 Å². The summed E-state index contributed by atoms with van der Waals surface area (Å²) in [6, 6.07) is 20.2. The number of nitrogens with zero attached hydrogens (tertiary/aromatic N) is 3. The van der Waals surface area contributed by atoms with Crippen LogP contribution in [-0.2, 0) is 21.6 Å². The SMILES string of the molecule is CC(C)(C)c1ccc(COc2ccc(Nc3c(C#N)cnc4cc(OC5CCOC5)c(N5CCC(=CC(N)=O)CC5)cc34)cc2Cl)cc1. The lowest BCUT2D eigenvalue weighted by molar-refractivity contribution is -0.113. The van der Waals surface area contributed by atoms with Gasteiger partial charge >= 0.3 is 0 Å². The Morgan fingerprint density at radius 3 is 2.56 bits per heavy atom. The van der Waals surface area contributed by atoms with E-state index in [-0.39, 0.29) is 11.5 Å². The Labute approximate surface area is 286 Å². The number of anilines is 3. The van der Waals surface area contributed by atoms with Crippen LogP contribution in [0, 0.1) is 11.3 Å². The smallest absolute Gasteiger partial charge is 0.241 e. The van der Waals surface area contributed by atoms with E-state index < -0.39 is 5.91 Å². The number of hydrogen-bond acceptors (Lipinski definition) is 8. The van der Waals surface area contributed by atoms with Gasteiger partial charge in [-0.05, 0) is 53.6 Å². The minimum Gasteiger partial charge on any atom is -0.487 e. The lowest BCUT2D eigenvalue weighted by Crippen LogP contribution is -2.32. The summed E-state index contributed by atoms with van der Waals surface area (Å²) in [4.78, 5) is 18.3. The number of carbonyl (C=O) groups is 1. The molecule has 1 atom stereocenters. The van der Waals surface area contributed by atoms with Gasteiger partial charge in [-0.3, -0.25) is 9.78 Å². The average molecular weight is 666 g/mol. The van der Waals surface area contributed by atoms with Gasteiger partial charge in [0.1, 0.15) is 30.3 Å². The van der Waals surface area contributed by atoms with Gasteiger partial charge in [-0.1, -0.05) is 62.2 Å². The Balaban J connectivity index is 1.27. The molecule has 6 rings (SSSR count). The van der Waals surface area contributed by atoms with Crippen molar-refractivity contribution in [1.29, 1.82) is 5.26 Å². The Morgan fingerprint density at radius 2 is 1.92 bits per heavy atom. The number of nitrogens with two attached hydrogens (primary N) is 1. The molecule has 3 aromatic carbocycles. The highest BCUT2D eigenvalue weighted by Crippen LogP contribution is 2.40. The zero-order valence-electron chi connectivity index (χ0n) is 27.5. The van der Waals surface area contributed by atoms with Crippen molar-refractivity contribution in [2.24, 2.45) is 5.73 Å². The third-order valence-corrected chi connectivity index (χ3v) is 9.05. The summed E-state index contributed by atoms with van der Waals surface area (Å²) in [6.45, 7) is 9.53. The van der Waals surface area contributed by atoms with Crippen LogP contribution in [0.5, 0.6) is 11.5 Å². The molecule has 0 bridgehead atoms. The molecule has 0 aliphatic carbocycles. The van der Waals surface area contributed by atoms with Crippen LogP contribution in [0.15, 0.2) is 72.4 Å². The number of halogens is 1. The summed E-state index contributed by atoms with van der Waals surface area (Å²) in [5, 5.41) is 14.7. The molecule has 248 valence electrons. The first-order valence-electron chi connectivity index (χ1n) is 16.2. The third kappa shape index (κ3) is 7.67. The van der Waals surface area contributed by atoms with Crippen molar-refractivity contribution < 1.29 is 19.0 Å². The number of carbonyl (C=O) groups excluding carboxylic acids is 1. The topological polar surface area (TPSA) is 123 Å². The summed E-state index contributed by atoms with van der Waals surface area (Å²) in [5.41, 5.74) is 12.1. The number of aromatic nitrogens is 1. The highest BCUT2D eigenvalue weighted by atomic mass is 35.5. The fraction of sp³-hybridized carbons (Fsp3) is 0.342. The number of ether oxygens (including phenoxy) is 3. The molecule has 0 radical (unpaired) electrons. The maximum Gasteiger partial charge on any atom is 0.241 e. The molecule has 1 amide bonds. The lowest BCUT2D eigenvalue weighted by Gasteiger charge is -2.32. The number of piperidine rings is 1. The summed E-state index contributed by atoms with van der Waals surface area (Å²) in [7, 11) is 0. The van der Waals surface area contributed by atoms with Gasteiger partial charge in [0.25, 0.3) is 0 Å². The predicted molar refractivity (Wildman–Crippen MR) is 189 cm³/mol. The van der Waals surface area contributed by atoms with Gasteiger partial charge in [0, 0.05) is 48.9 Å². The highest BCUT2D eigenvalue weighted by molar-refractivity contribution is 6.32. The van der Waals surface area contributed by atoms with Gasteiger partial charge in [0.05, 0.1) is 40.7 Å². The molecule has 2 aliphatic heterocycles. The normalized spacial score (nSPS) is 16.4. The van der Waals surface area contributed by atoms with E-state index in [1.165, 1.54) is 11.6 Å². The van der Waals surface area contributed by atoms with E-state index in [1.807, 2.05) is 24.3 Å². The van der Waals surface area contributed by atoms with Crippen molar-refractivity contribution in [3.8, 4) is 17.6 Å². The van der Waals surface area contributed by atoms with Crippen molar-refractivity contribution in [2.45, 2.75) is 58.2 Å². The second kappa shape index (κ2) is 14.1. The van der Waals surface area contributed by atoms with Crippen LogP contribution in [-0.4, -0.2) is 43.3 Å². The maximum atomic E-state index is 11.5. The van der Waals surface area contributed by atoms with Crippen molar-refractivity contribution in [3.05, 3.63) is 94.2 Å². The maximum absolute atomic E-state index is 11.5. The number of nitrogens with one attached hydrogen (secondary N) is 1. The van der Waals surface area contributed by atoms with Crippen LogP contribution in [0.25, 0.3) is 10.9 Å². The van der Waals surface area contributed by atoms with Crippen LogP contribution in [0.2, 0.25) is 5.02 Å². The molecule has 1 unspecified atom stereocenters. The van der Waals surface area contributed by atoms with Crippen LogP contribution in [0.4, 0.5) is 17.1 Å². The Bertz CT molecular complexity index is 1880. The lowest BCUT2D eigenvalue weighted by atomic mass is 9.87. The van der Waals surface area contributed by atoms with Gasteiger partial charge in [-0.25, -0.2) is 0 Å². The Morgan fingerprint density at radius 1 is 1.15 bits per heavy atom. The van der Waals surface area contributed by atoms with Crippen molar-refractivity contribution in [3.63, 3.8) is 0 Å². The minimum absolute atomic E-state index is 0.0574. The third-order valence-electron chi connectivity index (χ3n) is 8.76. The van der Waals surface area contributed by atoms with E-state index in [0.717, 1.165) is 28.6 Å². The van der Waals surface area contributed by atoms with E-state index >= 15 is 0 Å². The summed E-state index contributed by atoms with van der Waals surface area (Å²) < 4.78 is 18.1. The van der Waals surface area contributed by atoms with Gasteiger partial charge < -0.3 is 30.2 Å². The van der Waals surface area contributed by atoms with Crippen LogP contribution >= 0.6 is 11.6 Å². The molecular weight excluding hydrogens is 626 g/mol. The summed E-state index contributed by atoms with van der Waals surface area (Å²) in [6.07, 6.45) is 5.27. The number of hydrogen-bond donors (Lipinski definition) is 2. The van der Waals surface area contributed by atoms with E-state index in [0.29, 0.717) is 84.7 Å². The zero-order valence-corrected chi connectivity index (χ0v) is 28.3. The molecule has 1 aromatic heterocycles. The van der Waals surface area contributed by atoms with Gasteiger partial charge in [0.2, 0.25) is 5.91 Å². The van der Waals surface area contributed by atoms with E-state index in [1.54, 1.807) is 12.3 Å². The monoisotopic (exact) mass is 665 g/mol. The first-order valence-corrected chi connectivity index (χ1v) is 16.6. The molecule has 10 heteroatoms. The Kier molecular flexibility index (Phi) is 9.76. The van der Waals surface area contributed by atoms with Crippen LogP contribution in [0.1, 0.15) is 56.7 Å². The second-order valence-corrected chi connectivity index (χ2v) is 13.7. The summed E-state index contributed by atoms with van der Waals surface area (Å²) in [5.74, 6) is 0.851. The minimum atomic E-state index is -0.425. The quantitative estimate of drug-likeness (QED) is 0.176. The van der Waals surface area contributed by atoms with Gasteiger partial charge in [-0.15, -0.1) is 0 Å². The number of pyridine rings is 1. The molecular formula is C38H40ClN5O4. The first-order chi connectivity index (χ1) is 23.1. The molecule has 2 aliphatic rings. The first kappa shape index (κ1) is 33.1. The van der Waals surface area contributed by atoms with Gasteiger partial charge in [-0.2, -0.15) is 5.26 Å². The number of benzene rings is 3. The zero-order chi connectivity index (χ0) is 33.8. The second-order valence-electron chi connectivity index (χ2n) is 13.3. The molecule has 3 N–H and O–H groups in total. The van der Waals surface area contributed by atoms with Crippen LogP contribution in [0.3, 0.4) is 0 Å². The largest absolute Gasteiger partial charge is 0.487 e. The molecule has 9 nitrogen and oxygen atoms in total. The number of fused-ring (bicyclic) bond motifs is 1. The van der Waals surface area contributed by atoms with Crippen molar-refractivity contribution in [2.75, 3.05) is 36.5 Å². The number of nitriles is 1. The fourth-order valence-electron chi connectivity index (χ4n) is 6.04.